The third-order valence-corrected chi connectivity index (χ3v) is 5.39. The van der Waals surface area contributed by atoms with Crippen molar-refractivity contribution < 1.29 is 9.00 Å². The van der Waals surface area contributed by atoms with Crippen LogP contribution in [0.2, 0.25) is 0 Å². The van der Waals surface area contributed by atoms with Gasteiger partial charge in [-0.1, -0.05) is 6.92 Å². The minimum Gasteiger partial charge on any atom is -0.294 e. The van der Waals surface area contributed by atoms with E-state index >= 15 is 0 Å². The molecule has 3 atom stereocenters. The van der Waals surface area contributed by atoms with Crippen molar-refractivity contribution in [3.8, 4) is 0 Å². The average molecular weight is 236 g/mol. The summed E-state index contributed by atoms with van der Waals surface area (Å²) in [7, 11) is -1.05. The van der Waals surface area contributed by atoms with Crippen LogP contribution >= 0.6 is 0 Å². The number of hydrogen-bond donors (Lipinski definition) is 0. The van der Waals surface area contributed by atoms with Gasteiger partial charge in [-0.25, -0.2) is 0 Å². The largest absolute Gasteiger partial charge is 0.294 e. The molecule has 3 heteroatoms. The molecule has 0 spiro atoms. The number of hydrogen-bond acceptors (Lipinski definition) is 2. The topological polar surface area (TPSA) is 34.1 Å². The molecule has 2 rings (SSSR count). The first kappa shape index (κ1) is 11.5. The Hall–Kier alpha value is -0.960. The number of rotatable bonds is 0. The maximum Gasteiger partial charge on any atom is 0.168 e. The number of aryl methyl sites for hydroxylation is 2. The second-order valence-corrected chi connectivity index (χ2v) is 6.37. The van der Waals surface area contributed by atoms with Gasteiger partial charge in [0.25, 0.3) is 0 Å². The normalized spacial score (nSPS) is 29.0. The van der Waals surface area contributed by atoms with Gasteiger partial charge in [-0.2, -0.15) is 0 Å². The maximum absolute atomic E-state index is 12.2. The number of benzene rings is 1. The molecule has 1 aromatic rings. The van der Waals surface area contributed by atoms with Crippen LogP contribution in [0, 0.1) is 19.8 Å². The third kappa shape index (κ3) is 1.54. The Kier molecular flexibility index (Phi) is 2.74. The van der Waals surface area contributed by atoms with Crippen molar-refractivity contribution in [1.29, 1.82) is 0 Å². The van der Waals surface area contributed by atoms with Gasteiger partial charge in [0.15, 0.2) is 5.78 Å². The summed E-state index contributed by atoms with van der Waals surface area (Å²) < 4.78 is 12.2. The molecule has 86 valence electrons. The molecule has 1 aliphatic rings. The zero-order valence-corrected chi connectivity index (χ0v) is 10.9. The van der Waals surface area contributed by atoms with Gasteiger partial charge >= 0.3 is 0 Å². The van der Waals surface area contributed by atoms with E-state index in [1.165, 1.54) is 0 Å². The standard InChI is InChI=1S/C13H16O2S/c1-7-5-11-12(6-8(7)2)16(15)10(4)9(3)13(11)14/h5-6,9-10H,1-4H3. The second-order valence-electron chi connectivity index (χ2n) is 4.59. The van der Waals surface area contributed by atoms with Gasteiger partial charge in [-0.3, -0.25) is 9.00 Å². The molecule has 16 heavy (non-hydrogen) atoms. The molecule has 1 aromatic carbocycles. The molecule has 0 saturated carbocycles. The van der Waals surface area contributed by atoms with E-state index in [1.807, 2.05) is 39.8 Å². The van der Waals surface area contributed by atoms with Crippen molar-refractivity contribution >= 4 is 16.6 Å². The monoisotopic (exact) mass is 236 g/mol. The van der Waals surface area contributed by atoms with E-state index in [2.05, 4.69) is 0 Å². The highest BCUT2D eigenvalue weighted by atomic mass is 32.2. The summed E-state index contributed by atoms with van der Waals surface area (Å²) >= 11 is 0. The van der Waals surface area contributed by atoms with Crippen molar-refractivity contribution in [3.63, 3.8) is 0 Å². The van der Waals surface area contributed by atoms with Gasteiger partial charge in [0.2, 0.25) is 0 Å². The zero-order chi connectivity index (χ0) is 12.0. The fourth-order valence-electron chi connectivity index (χ4n) is 1.99. The Morgan fingerprint density at radius 3 is 2.31 bits per heavy atom. The average Bonchev–Trinajstić information content (AvgIpc) is 2.26. The van der Waals surface area contributed by atoms with E-state index in [0.717, 1.165) is 16.0 Å². The molecule has 0 aliphatic carbocycles. The van der Waals surface area contributed by atoms with Crippen LogP contribution in [0.4, 0.5) is 0 Å². The van der Waals surface area contributed by atoms with Gasteiger partial charge in [0.1, 0.15) is 0 Å². The maximum atomic E-state index is 12.2. The molecule has 0 fully saturated rings. The Bertz CT molecular complexity index is 446. The van der Waals surface area contributed by atoms with Crippen molar-refractivity contribution in [2.75, 3.05) is 0 Å². The molecule has 2 nitrogen and oxygen atoms in total. The van der Waals surface area contributed by atoms with Crippen LogP contribution in [0.5, 0.6) is 0 Å². The van der Waals surface area contributed by atoms with Gasteiger partial charge in [0, 0.05) is 16.7 Å². The highest BCUT2D eigenvalue weighted by Crippen LogP contribution is 2.32. The first-order valence-corrected chi connectivity index (χ1v) is 6.71. The van der Waals surface area contributed by atoms with E-state index < -0.39 is 10.8 Å². The van der Waals surface area contributed by atoms with E-state index in [4.69, 9.17) is 0 Å². The van der Waals surface area contributed by atoms with E-state index in [1.54, 1.807) is 0 Å². The molecule has 0 amide bonds. The van der Waals surface area contributed by atoms with Gasteiger partial charge < -0.3 is 0 Å². The molecule has 0 N–H and O–H groups in total. The minimum absolute atomic E-state index is 0.0814. The summed E-state index contributed by atoms with van der Waals surface area (Å²) in [6.45, 7) is 7.72. The summed E-state index contributed by atoms with van der Waals surface area (Å²) in [5.74, 6) is -0.0133. The van der Waals surface area contributed by atoms with Crippen LogP contribution in [0.3, 0.4) is 0 Å². The Labute approximate surface area is 98.5 Å². The highest BCUT2D eigenvalue weighted by molar-refractivity contribution is 7.86. The van der Waals surface area contributed by atoms with E-state index in [0.29, 0.717) is 5.56 Å². The lowest BCUT2D eigenvalue weighted by molar-refractivity contribution is 0.0922. The first-order chi connectivity index (χ1) is 7.43. The predicted molar refractivity (Wildman–Crippen MR) is 65.3 cm³/mol. The first-order valence-electron chi connectivity index (χ1n) is 5.49. The third-order valence-electron chi connectivity index (χ3n) is 3.53. The quantitative estimate of drug-likeness (QED) is 0.694. The number of fused-ring (bicyclic) bond motifs is 1. The molecular formula is C13H16O2S. The minimum atomic E-state index is -1.05. The van der Waals surface area contributed by atoms with Crippen molar-refractivity contribution in [3.05, 3.63) is 28.8 Å². The SMILES string of the molecule is Cc1cc2c(cc1C)S(=O)C(C)C(C)C2=O. The van der Waals surface area contributed by atoms with Gasteiger partial charge in [0.05, 0.1) is 15.7 Å². The van der Waals surface area contributed by atoms with Crippen LogP contribution in [0.25, 0.3) is 0 Å². The summed E-state index contributed by atoms with van der Waals surface area (Å²) in [6.07, 6.45) is 0. The lowest BCUT2D eigenvalue weighted by Crippen LogP contribution is -2.33. The smallest absolute Gasteiger partial charge is 0.168 e. The molecular weight excluding hydrogens is 220 g/mol. The van der Waals surface area contributed by atoms with Gasteiger partial charge in [-0.05, 0) is 44.0 Å². The lowest BCUT2D eigenvalue weighted by Gasteiger charge is -2.26. The Balaban J connectivity index is 2.69. The molecule has 1 aliphatic heterocycles. The fraction of sp³-hybridized carbons (Fsp3) is 0.462. The fourth-order valence-corrected chi connectivity index (χ4v) is 3.56. The number of carbonyl (C=O) groups excluding carboxylic acids is 1. The van der Waals surface area contributed by atoms with Crippen molar-refractivity contribution in [2.24, 2.45) is 5.92 Å². The highest BCUT2D eigenvalue weighted by Gasteiger charge is 2.35. The van der Waals surface area contributed by atoms with Gasteiger partial charge in [-0.15, -0.1) is 0 Å². The molecule has 0 bridgehead atoms. The summed E-state index contributed by atoms with van der Waals surface area (Å²) in [5.41, 5.74) is 2.85. The number of carbonyl (C=O) groups is 1. The summed E-state index contributed by atoms with van der Waals surface area (Å²) in [6, 6.07) is 3.79. The summed E-state index contributed by atoms with van der Waals surface area (Å²) in [4.78, 5) is 12.8. The Morgan fingerprint density at radius 2 is 1.69 bits per heavy atom. The number of ketones is 1. The van der Waals surface area contributed by atoms with Crippen LogP contribution in [-0.4, -0.2) is 15.2 Å². The van der Waals surface area contributed by atoms with Crippen LogP contribution in [0.15, 0.2) is 17.0 Å². The molecule has 0 radical (unpaired) electrons. The van der Waals surface area contributed by atoms with Crippen molar-refractivity contribution in [1.82, 2.24) is 0 Å². The number of Topliss-reactive ketones (excluding diaryl/α,β-unsaturated/α-hetero) is 1. The molecule has 0 saturated heterocycles. The molecule has 1 heterocycles. The zero-order valence-electron chi connectivity index (χ0n) is 10.0. The van der Waals surface area contributed by atoms with Crippen LogP contribution in [0.1, 0.15) is 35.3 Å². The lowest BCUT2D eigenvalue weighted by atomic mass is 9.94. The van der Waals surface area contributed by atoms with E-state index in [9.17, 15) is 9.00 Å². The van der Waals surface area contributed by atoms with Crippen LogP contribution in [-0.2, 0) is 10.8 Å². The Morgan fingerprint density at radius 1 is 1.12 bits per heavy atom. The second kappa shape index (κ2) is 3.81. The molecule has 3 unspecified atom stereocenters. The van der Waals surface area contributed by atoms with Crippen LogP contribution < -0.4 is 0 Å². The van der Waals surface area contributed by atoms with E-state index in [-0.39, 0.29) is 17.0 Å². The predicted octanol–water partition coefficient (Wildman–Crippen LogP) is 2.63. The van der Waals surface area contributed by atoms with Crippen molar-refractivity contribution in [2.45, 2.75) is 37.8 Å². The molecule has 0 aromatic heterocycles. The summed E-state index contributed by atoms with van der Waals surface area (Å²) in [5, 5.41) is -0.0814.